The first-order valence-corrected chi connectivity index (χ1v) is 7.18. The second-order valence-corrected chi connectivity index (χ2v) is 5.21. The van der Waals surface area contributed by atoms with Gasteiger partial charge in [0.1, 0.15) is 0 Å². The molecule has 17 heavy (non-hydrogen) atoms. The van der Waals surface area contributed by atoms with Crippen LogP contribution in [0.1, 0.15) is 64.7 Å². The highest BCUT2D eigenvalue weighted by atomic mass is 16.3. The van der Waals surface area contributed by atoms with E-state index in [9.17, 15) is 9.90 Å². The monoisotopic (exact) mass is 241 g/mol. The lowest BCUT2D eigenvalue weighted by atomic mass is 10.0. The first-order chi connectivity index (χ1) is 8.27. The first kappa shape index (κ1) is 14.5. The zero-order valence-corrected chi connectivity index (χ0v) is 11.1. The SMILES string of the molecule is CCCCCCCC(=O)NC1CCCC1CO. The fraction of sp³-hybridized carbons (Fsp3) is 0.929. The molecule has 0 aromatic rings. The number of amides is 1. The van der Waals surface area contributed by atoms with Crippen LogP contribution in [0.15, 0.2) is 0 Å². The Hall–Kier alpha value is -0.570. The van der Waals surface area contributed by atoms with Crippen molar-refractivity contribution in [2.45, 2.75) is 70.8 Å². The molecule has 0 heterocycles. The maximum atomic E-state index is 11.7. The Bertz CT molecular complexity index is 218. The molecule has 1 rings (SSSR count). The van der Waals surface area contributed by atoms with E-state index in [0.29, 0.717) is 12.3 Å². The summed E-state index contributed by atoms with van der Waals surface area (Å²) in [5, 5.41) is 12.2. The van der Waals surface area contributed by atoms with Crippen molar-refractivity contribution in [3.63, 3.8) is 0 Å². The summed E-state index contributed by atoms with van der Waals surface area (Å²) in [5.41, 5.74) is 0. The molecule has 0 bridgehead atoms. The van der Waals surface area contributed by atoms with Crippen LogP contribution < -0.4 is 5.32 Å². The van der Waals surface area contributed by atoms with Crippen molar-refractivity contribution < 1.29 is 9.90 Å². The first-order valence-electron chi connectivity index (χ1n) is 7.18. The van der Waals surface area contributed by atoms with E-state index < -0.39 is 0 Å². The van der Waals surface area contributed by atoms with Gasteiger partial charge in [0.15, 0.2) is 0 Å². The molecule has 3 heteroatoms. The van der Waals surface area contributed by atoms with Crippen LogP contribution in [-0.2, 0) is 4.79 Å². The summed E-state index contributed by atoms with van der Waals surface area (Å²) in [5.74, 6) is 0.464. The molecule has 100 valence electrons. The number of rotatable bonds is 8. The number of aliphatic hydroxyl groups excluding tert-OH is 1. The van der Waals surface area contributed by atoms with Crippen molar-refractivity contribution in [1.29, 1.82) is 0 Å². The van der Waals surface area contributed by atoms with E-state index in [1.54, 1.807) is 0 Å². The second kappa shape index (κ2) is 8.51. The van der Waals surface area contributed by atoms with Crippen LogP contribution in [0.5, 0.6) is 0 Å². The van der Waals surface area contributed by atoms with Gasteiger partial charge in [-0.25, -0.2) is 0 Å². The minimum atomic E-state index is 0.173. The van der Waals surface area contributed by atoms with Crippen LogP contribution in [0.25, 0.3) is 0 Å². The Kier molecular flexibility index (Phi) is 7.25. The second-order valence-electron chi connectivity index (χ2n) is 5.21. The summed E-state index contributed by atoms with van der Waals surface area (Å²) in [7, 11) is 0. The Morgan fingerprint density at radius 1 is 1.24 bits per heavy atom. The highest BCUT2D eigenvalue weighted by Gasteiger charge is 2.27. The lowest BCUT2D eigenvalue weighted by Crippen LogP contribution is -2.38. The van der Waals surface area contributed by atoms with Crippen molar-refractivity contribution in [3.8, 4) is 0 Å². The summed E-state index contributed by atoms with van der Waals surface area (Å²) in [6.45, 7) is 2.41. The lowest BCUT2D eigenvalue weighted by molar-refractivity contribution is -0.122. The van der Waals surface area contributed by atoms with Crippen LogP contribution in [-0.4, -0.2) is 23.7 Å². The van der Waals surface area contributed by atoms with Crippen molar-refractivity contribution >= 4 is 5.91 Å². The van der Waals surface area contributed by atoms with Crippen molar-refractivity contribution in [2.75, 3.05) is 6.61 Å². The number of carbonyl (C=O) groups excluding carboxylic acids is 1. The van der Waals surface area contributed by atoms with E-state index in [4.69, 9.17) is 0 Å². The van der Waals surface area contributed by atoms with E-state index in [-0.39, 0.29) is 18.6 Å². The van der Waals surface area contributed by atoms with E-state index in [0.717, 1.165) is 32.1 Å². The Morgan fingerprint density at radius 2 is 2.00 bits per heavy atom. The number of carbonyl (C=O) groups is 1. The molecule has 1 amide bonds. The average molecular weight is 241 g/mol. The summed E-state index contributed by atoms with van der Waals surface area (Å²) in [6, 6.07) is 0.225. The minimum absolute atomic E-state index is 0.173. The molecular formula is C14H27NO2. The Labute approximate surface area is 105 Å². The van der Waals surface area contributed by atoms with Crippen molar-refractivity contribution in [3.05, 3.63) is 0 Å². The predicted molar refractivity (Wildman–Crippen MR) is 69.7 cm³/mol. The average Bonchev–Trinajstić information content (AvgIpc) is 2.76. The van der Waals surface area contributed by atoms with Crippen molar-refractivity contribution in [2.24, 2.45) is 5.92 Å². The third-order valence-electron chi connectivity index (χ3n) is 3.75. The quantitative estimate of drug-likeness (QED) is 0.642. The molecule has 1 fully saturated rings. The topological polar surface area (TPSA) is 49.3 Å². The maximum absolute atomic E-state index is 11.7. The van der Waals surface area contributed by atoms with Gasteiger partial charge < -0.3 is 10.4 Å². The minimum Gasteiger partial charge on any atom is -0.396 e. The summed E-state index contributed by atoms with van der Waals surface area (Å²) < 4.78 is 0. The van der Waals surface area contributed by atoms with Crippen LogP contribution >= 0.6 is 0 Å². The van der Waals surface area contributed by atoms with Crippen LogP contribution in [0.3, 0.4) is 0 Å². The zero-order valence-electron chi connectivity index (χ0n) is 11.1. The summed E-state index contributed by atoms with van der Waals surface area (Å²) >= 11 is 0. The highest BCUT2D eigenvalue weighted by Crippen LogP contribution is 2.25. The third-order valence-corrected chi connectivity index (χ3v) is 3.75. The normalized spacial score (nSPS) is 23.9. The molecule has 2 atom stereocenters. The molecule has 0 aromatic carbocycles. The molecule has 1 saturated carbocycles. The smallest absolute Gasteiger partial charge is 0.220 e. The number of unbranched alkanes of at least 4 members (excludes halogenated alkanes) is 4. The largest absolute Gasteiger partial charge is 0.396 e. The van der Waals surface area contributed by atoms with Gasteiger partial charge >= 0.3 is 0 Å². The molecule has 2 unspecified atom stereocenters. The fourth-order valence-electron chi connectivity index (χ4n) is 2.61. The molecule has 0 aromatic heterocycles. The van der Waals surface area contributed by atoms with Gasteiger partial charge in [-0.15, -0.1) is 0 Å². The van der Waals surface area contributed by atoms with Gasteiger partial charge in [-0.1, -0.05) is 39.0 Å². The molecule has 3 nitrogen and oxygen atoms in total. The van der Waals surface area contributed by atoms with Crippen LogP contribution in [0.2, 0.25) is 0 Å². The number of hydrogen-bond acceptors (Lipinski definition) is 2. The van der Waals surface area contributed by atoms with Gasteiger partial charge in [-0.3, -0.25) is 4.79 Å². The van der Waals surface area contributed by atoms with Gasteiger partial charge in [0.2, 0.25) is 5.91 Å². The standard InChI is InChI=1S/C14H27NO2/c1-2-3-4-5-6-10-14(17)15-13-9-7-8-12(13)11-16/h12-13,16H,2-11H2,1H3,(H,15,17). The van der Waals surface area contributed by atoms with E-state index in [2.05, 4.69) is 12.2 Å². The van der Waals surface area contributed by atoms with E-state index >= 15 is 0 Å². The lowest BCUT2D eigenvalue weighted by Gasteiger charge is -2.18. The fourth-order valence-corrected chi connectivity index (χ4v) is 2.61. The molecule has 0 aliphatic heterocycles. The Morgan fingerprint density at radius 3 is 2.71 bits per heavy atom. The molecular weight excluding hydrogens is 214 g/mol. The van der Waals surface area contributed by atoms with Crippen molar-refractivity contribution in [1.82, 2.24) is 5.32 Å². The Balaban J connectivity index is 2.08. The summed E-state index contributed by atoms with van der Waals surface area (Å²) in [6.07, 6.45) is 9.79. The molecule has 0 saturated heterocycles. The van der Waals surface area contributed by atoms with Gasteiger partial charge in [0.05, 0.1) is 0 Å². The van der Waals surface area contributed by atoms with Gasteiger partial charge in [0, 0.05) is 25.0 Å². The highest BCUT2D eigenvalue weighted by molar-refractivity contribution is 5.76. The van der Waals surface area contributed by atoms with Gasteiger partial charge in [-0.05, 0) is 19.3 Å². The zero-order chi connectivity index (χ0) is 12.5. The van der Waals surface area contributed by atoms with Gasteiger partial charge in [0.25, 0.3) is 0 Å². The van der Waals surface area contributed by atoms with E-state index in [1.165, 1.54) is 19.3 Å². The number of hydrogen-bond donors (Lipinski definition) is 2. The molecule has 0 radical (unpaired) electrons. The predicted octanol–water partition coefficient (Wildman–Crippen LogP) is 2.62. The molecule has 0 spiro atoms. The van der Waals surface area contributed by atoms with Gasteiger partial charge in [-0.2, -0.15) is 0 Å². The third kappa shape index (κ3) is 5.53. The number of aliphatic hydroxyl groups is 1. The van der Waals surface area contributed by atoms with Crippen LogP contribution in [0.4, 0.5) is 0 Å². The molecule has 1 aliphatic rings. The maximum Gasteiger partial charge on any atom is 0.220 e. The van der Waals surface area contributed by atoms with E-state index in [1.807, 2.05) is 0 Å². The number of nitrogens with one attached hydrogen (secondary N) is 1. The van der Waals surface area contributed by atoms with Crippen LogP contribution in [0, 0.1) is 5.92 Å². The molecule has 2 N–H and O–H groups in total. The molecule has 1 aliphatic carbocycles. The summed E-state index contributed by atoms with van der Waals surface area (Å²) in [4.78, 5) is 11.7.